The summed E-state index contributed by atoms with van der Waals surface area (Å²) in [6, 6.07) is 3.69. The Morgan fingerprint density at radius 2 is 2.21 bits per heavy atom. The molecule has 2 N–H and O–H groups in total. The number of carbonyl (C=O) groups is 1. The minimum absolute atomic E-state index is 0.126. The highest BCUT2D eigenvalue weighted by atomic mass is 16.3. The number of carbonyl (C=O) groups excluding carboxylic acids is 1. The summed E-state index contributed by atoms with van der Waals surface area (Å²) < 4.78 is 0. The summed E-state index contributed by atoms with van der Waals surface area (Å²) in [5.41, 5.74) is 1.01. The molecule has 0 saturated carbocycles. The molecule has 0 aromatic carbocycles. The molecule has 1 unspecified atom stereocenters. The van der Waals surface area contributed by atoms with E-state index in [-0.39, 0.29) is 12.5 Å². The Bertz CT molecular complexity index is 287. The van der Waals surface area contributed by atoms with Gasteiger partial charge in [-0.3, -0.25) is 9.78 Å². The lowest BCUT2D eigenvalue weighted by Gasteiger charge is -2.10. The molecule has 1 amide bonds. The monoisotopic (exact) mass is 194 g/mol. The molecule has 4 heteroatoms. The van der Waals surface area contributed by atoms with Crippen molar-refractivity contribution in [1.82, 2.24) is 10.3 Å². The SMILES string of the molecule is CC(=O)NCC(O)Cc1ccncc1. The zero-order valence-electron chi connectivity index (χ0n) is 8.10. The average molecular weight is 194 g/mol. The van der Waals surface area contributed by atoms with Crippen LogP contribution in [0.2, 0.25) is 0 Å². The van der Waals surface area contributed by atoms with E-state index >= 15 is 0 Å². The van der Waals surface area contributed by atoms with E-state index in [0.717, 1.165) is 5.56 Å². The molecule has 14 heavy (non-hydrogen) atoms. The first kappa shape index (κ1) is 10.7. The molecule has 0 saturated heterocycles. The summed E-state index contributed by atoms with van der Waals surface area (Å²) in [7, 11) is 0. The third-order valence-electron chi connectivity index (χ3n) is 1.81. The first-order valence-electron chi connectivity index (χ1n) is 4.50. The Morgan fingerprint density at radius 3 is 2.79 bits per heavy atom. The fourth-order valence-corrected chi connectivity index (χ4v) is 1.12. The van der Waals surface area contributed by atoms with Crippen LogP contribution in [0.1, 0.15) is 12.5 Å². The van der Waals surface area contributed by atoms with Gasteiger partial charge in [0.25, 0.3) is 0 Å². The van der Waals surface area contributed by atoms with Crippen LogP contribution in [-0.4, -0.2) is 28.6 Å². The van der Waals surface area contributed by atoms with Crippen LogP contribution in [0.5, 0.6) is 0 Å². The zero-order chi connectivity index (χ0) is 10.4. The van der Waals surface area contributed by atoms with E-state index in [1.165, 1.54) is 6.92 Å². The fourth-order valence-electron chi connectivity index (χ4n) is 1.12. The minimum Gasteiger partial charge on any atom is -0.391 e. The van der Waals surface area contributed by atoms with Gasteiger partial charge in [-0.15, -0.1) is 0 Å². The first-order valence-corrected chi connectivity index (χ1v) is 4.50. The van der Waals surface area contributed by atoms with Crippen molar-refractivity contribution in [3.05, 3.63) is 30.1 Å². The number of aliphatic hydroxyl groups excluding tert-OH is 1. The Balaban J connectivity index is 2.34. The molecular formula is C10H14N2O2. The van der Waals surface area contributed by atoms with Crippen LogP contribution in [0.3, 0.4) is 0 Å². The lowest BCUT2D eigenvalue weighted by molar-refractivity contribution is -0.119. The molecule has 1 heterocycles. The lowest BCUT2D eigenvalue weighted by atomic mass is 10.1. The number of rotatable bonds is 4. The van der Waals surface area contributed by atoms with E-state index in [4.69, 9.17) is 0 Å². The number of pyridine rings is 1. The Kier molecular flexibility index (Phi) is 4.07. The second-order valence-corrected chi connectivity index (χ2v) is 3.15. The molecule has 0 spiro atoms. The normalized spacial score (nSPS) is 12.1. The molecule has 0 aliphatic heterocycles. The van der Waals surface area contributed by atoms with Crippen molar-refractivity contribution in [3.8, 4) is 0 Å². The largest absolute Gasteiger partial charge is 0.391 e. The minimum atomic E-state index is -0.540. The van der Waals surface area contributed by atoms with Crippen LogP contribution in [0.25, 0.3) is 0 Å². The van der Waals surface area contributed by atoms with Gasteiger partial charge in [0.1, 0.15) is 0 Å². The number of aliphatic hydroxyl groups is 1. The van der Waals surface area contributed by atoms with Crippen LogP contribution in [0.15, 0.2) is 24.5 Å². The lowest BCUT2D eigenvalue weighted by Crippen LogP contribution is -2.31. The number of aromatic nitrogens is 1. The van der Waals surface area contributed by atoms with Crippen molar-refractivity contribution in [2.45, 2.75) is 19.4 Å². The smallest absolute Gasteiger partial charge is 0.216 e. The predicted molar refractivity (Wildman–Crippen MR) is 52.6 cm³/mol. The predicted octanol–water partition coefficient (Wildman–Crippen LogP) is 0.121. The van der Waals surface area contributed by atoms with Gasteiger partial charge in [-0.05, 0) is 17.7 Å². The van der Waals surface area contributed by atoms with Crippen molar-refractivity contribution >= 4 is 5.91 Å². The van der Waals surface area contributed by atoms with Gasteiger partial charge < -0.3 is 10.4 Å². The van der Waals surface area contributed by atoms with Crippen molar-refractivity contribution in [2.75, 3.05) is 6.54 Å². The highest BCUT2D eigenvalue weighted by Gasteiger charge is 2.05. The van der Waals surface area contributed by atoms with E-state index in [0.29, 0.717) is 6.42 Å². The second-order valence-electron chi connectivity index (χ2n) is 3.15. The van der Waals surface area contributed by atoms with Gasteiger partial charge in [-0.1, -0.05) is 0 Å². The molecule has 0 aliphatic carbocycles. The van der Waals surface area contributed by atoms with Crippen LogP contribution in [0.4, 0.5) is 0 Å². The van der Waals surface area contributed by atoms with Crippen molar-refractivity contribution in [2.24, 2.45) is 0 Å². The van der Waals surface area contributed by atoms with Gasteiger partial charge in [-0.2, -0.15) is 0 Å². The molecule has 76 valence electrons. The summed E-state index contributed by atoms with van der Waals surface area (Å²) in [4.78, 5) is 14.4. The maximum absolute atomic E-state index is 10.6. The molecule has 1 aromatic rings. The van der Waals surface area contributed by atoms with Crippen molar-refractivity contribution < 1.29 is 9.90 Å². The summed E-state index contributed by atoms with van der Waals surface area (Å²) in [6.45, 7) is 1.72. The molecular weight excluding hydrogens is 180 g/mol. The summed E-state index contributed by atoms with van der Waals surface area (Å²) in [6.07, 6.45) is 3.35. The third kappa shape index (κ3) is 4.00. The van der Waals surface area contributed by atoms with Crippen molar-refractivity contribution in [3.63, 3.8) is 0 Å². The standard InChI is InChI=1S/C10H14N2O2/c1-8(13)12-7-10(14)6-9-2-4-11-5-3-9/h2-5,10,14H,6-7H2,1H3,(H,12,13). The number of hydrogen-bond donors (Lipinski definition) is 2. The summed E-state index contributed by atoms with van der Waals surface area (Å²) >= 11 is 0. The molecule has 0 bridgehead atoms. The van der Waals surface area contributed by atoms with Crippen LogP contribution >= 0.6 is 0 Å². The van der Waals surface area contributed by atoms with E-state index in [2.05, 4.69) is 10.3 Å². The highest BCUT2D eigenvalue weighted by Crippen LogP contribution is 2.00. The molecule has 1 rings (SSSR count). The van der Waals surface area contributed by atoms with Crippen LogP contribution < -0.4 is 5.32 Å². The van der Waals surface area contributed by atoms with E-state index in [1.54, 1.807) is 12.4 Å². The van der Waals surface area contributed by atoms with Gasteiger partial charge in [0.05, 0.1) is 6.10 Å². The molecule has 0 radical (unpaired) electrons. The Morgan fingerprint density at radius 1 is 1.57 bits per heavy atom. The van der Waals surface area contributed by atoms with Gasteiger partial charge in [0.15, 0.2) is 0 Å². The summed E-state index contributed by atoms with van der Waals surface area (Å²) in [5.74, 6) is -0.126. The summed E-state index contributed by atoms with van der Waals surface area (Å²) in [5, 5.41) is 12.1. The zero-order valence-corrected chi connectivity index (χ0v) is 8.10. The molecule has 1 aromatic heterocycles. The second kappa shape index (κ2) is 5.34. The number of nitrogens with zero attached hydrogens (tertiary/aromatic N) is 1. The van der Waals surface area contributed by atoms with E-state index < -0.39 is 6.10 Å². The maximum Gasteiger partial charge on any atom is 0.216 e. The number of nitrogens with one attached hydrogen (secondary N) is 1. The van der Waals surface area contributed by atoms with Gasteiger partial charge >= 0.3 is 0 Å². The molecule has 0 aliphatic rings. The molecule has 1 atom stereocenters. The Hall–Kier alpha value is -1.42. The highest BCUT2D eigenvalue weighted by molar-refractivity contribution is 5.72. The molecule has 4 nitrogen and oxygen atoms in total. The van der Waals surface area contributed by atoms with Crippen LogP contribution in [-0.2, 0) is 11.2 Å². The topological polar surface area (TPSA) is 62.2 Å². The van der Waals surface area contributed by atoms with Crippen molar-refractivity contribution in [1.29, 1.82) is 0 Å². The fraction of sp³-hybridized carbons (Fsp3) is 0.400. The van der Waals surface area contributed by atoms with Gasteiger partial charge in [-0.25, -0.2) is 0 Å². The van der Waals surface area contributed by atoms with E-state index in [1.807, 2.05) is 12.1 Å². The number of hydrogen-bond acceptors (Lipinski definition) is 3. The quantitative estimate of drug-likeness (QED) is 0.715. The average Bonchev–Trinajstić information content (AvgIpc) is 2.16. The first-order chi connectivity index (χ1) is 6.68. The van der Waals surface area contributed by atoms with E-state index in [9.17, 15) is 9.90 Å². The van der Waals surface area contributed by atoms with Gasteiger partial charge in [0.2, 0.25) is 5.91 Å². The number of amides is 1. The Labute approximate surface area is 83.0 Å². The van der Waals surface area contributed by atoms with Crippen LogP contribution in [0, 0.1) is 0 Å². The maximum atomic E-state index is 10.6. The molecule has 0 fully saturated rings. The third-order valence-corrected chi connectivity index (χ3v) is 1.81. The van der Waals surface area contributed by atoms with Gasteiger partial charge in [0, 0.05) is 32.3 Å².